The summed E-state index contributed by atoms with van der Waals surface area (Å²) in [5, 5.41) is 11.4. The van der Waals surface area contributed by atoms with Gasteiger partial charge in [0.25, 0.3) is 10.0 Å². The van der Waals surface area contributed by atoms with Crippen LogP contribution in [-0.2, 0) is 10.0 Å². The Morgan fingerprint density at radius 2 is 1.81 bits per heavy atom. The van der Waals surface area contributed by atoms with Gasteiger partial charge in [-0.15, -0.1) is 0 Å². The summed E-state index contributed by atoms with van der Waals surface area (Å²) in [5.74, 6) is 0.577. The molecule has 10 nitrogen and oxygen atoms in total. The van der Waals surface area contributed by atoms with Crippen LogP contribution in [0.3, 0.4) is 0 Å². The monoisotopic (exact) mass is 541 g/mol. The molecule has 1 N–H and O–H groups in total. The third kappa shape index (κ3) is 5.73. The number of nitrogens with one attached hydrogen (secondary N) is 1. The van der Waals surface area contributed by atoms with Gasteiger partial charge in [0.1, 0.15) is 0 Å². The van der Waals surface area contributed by atoms with Crippen LogP contribution in [0.25, 0.3) is 11.4 Å². The molecule has 192 valence electrons. The van der Waals surface area contributed by atoms with Gasteiger partial charge in [-0.25, -0.2) is 15.0 Å². The van der Waals surface area contributed by atoms with Crippen LogP contribution < -0.4 is 18.9 Å². The van der Waals surface area contributed by atoms with Crippen molar-refractivity contribution < 1.29 is 22.6 Å². The van der Waals surface area contributed by atoms with Crippen LogP contribution >= 0.6 is 11.6 Å². The number of rotatable bonds is 8. The van der Waals surface area contributed by atoms with Crippen molar-refractivity contribution in [3.05, 3.63) is 82.5 Å². The number of anilines is 1. The Bertz CT molecular complexity index is 1550. The number of ether oxygens (including phenoxy) is 2. The number of aromatic nitrogens is 4. The third-order valence-corrected chi connectivity index (χ3v) is 6.91. The summed E-state index contributed by atoms with van der Waals surface area (Å²) in [6, 6.07) is 12.9. The largest absolute Gasteiger partial charge is 0.619 e. The third-order valence-electron chi connectivity index (χ3n) is 5.40. The molecule has 37 heavy (non-hydrogen) atoms. The van der Waals surface area contributed by atoms with E-state index in [2.05, 4.69) is 19.7 Å². The SMILES string of the molecule is COc1ccccc1Oc1c(Cl)nc(-c2cc[n+]([O-])c(C)c2)nc1NS(=O)(=O)c1ccc(C(C)C)cn1. The van der Waals surface area contributed by atoms with Crippen molar-refractivity contribution in [2.45, 2.75) is 31.7 Å². The van der Waals surface area contributed by atoms with Gasteiger partial charge in [0.05, 0.1) is 7.11 Å². The van der Waals surface area contributed by atoms with Gasteiger partial charge < -0.3 is 14.7 Å². The molecule has 0 bridgehead atoms. The Balaban J connectivity index is 1.82. The molecule has 0 amide bonds. The van der Waals surface area contributed by atoms with Crippen molar-refractivity contribution in [2.24, 2.45) is 0 Å². The number of hydrogen-bond acceptors (Lipinski definition) is 8. The normalized spacial score (nSPS) is 11.4. The summed E-state index contributed by atoms with van der Waals surface area (Å²) in [6.07, 6.45) is 2.81. The molecule has 0 unspecified atom stereocenters. The van der Waals surface area contributed by atoms with E-state index in [-0.39, 0.29) is 39.2 Å². The summed E-state index contributed by atoms with van der Waals surface area (Å²) < 4.78 is 40.9. The Morgan fingerprint density at radius 3 is 2.43 bits per heavy atom. The number of para-hydroxylation sites is 2. The molecule has 0 aliphatic rings. The minimum atomic E-state index is -4.19. The summed E-state index contributed by atoms with van der Waals surface area (Å²) >= 11 is 6.50. The zero-order valence-corrected chi connectivity index (χ0v) is 22.0. The summed E-state index contributed by atoms with van der Waals surface area (Å²) in [6.45, 7) is 5.58. The molecule has 0 aliphatic carbocycles. The lowest BCUT2D eigenvalue weighted by Crippen LogP contribution is -2.28. The Labute approximate surface area is 219 Å². The number of aryl methyl sites for hydroxylation is 1. The number of pyridine rings is 2. The van der Waals surface area contributed by atoms with Crippen LogP contribution in [0.4, 0.5) is 5.82 Å². The van der Waals surface area contributed by atoms with Crippen molar-refractivity contribution in [3.8, 4) is 28.6 Å². The maximum atomic E-state index is 13.3. The van der Waals surface area contributed by atoms with E-state index in [1.165, 1.54) is 31.6 Å². The Morgan fingerprint density at radius 1 is 1.08 bits per heavy atom. The Kier molecular flexibility index (Phi) is 7.46. The smallest absolute Gasteiger partial charge is 0.280 e. The van der Waals surface area contributed by atoms with Crippen LogP contribution in [-0.4, -0.2) is 30.5 Å². The first-order valence-corrected chi connectivity index (χ1v) is 13.0. The maximum absolute atomic E-state index is 13.3. The van der Waals surface area contributed by atoms with Crippen molar-refractivity contribution in [3.63, 3.8) is 0 Å². The number of sulfonamides is 1. The fourth-order valence-corrected chi connectivity index (χ4v) is 4.48. The van der Waals surface area contributed by atoms with Gasteiger partial charge in [-0.05, 0) is 29.7 Å². The Hall–Kier alpha value is -3.96. The van der Waals surface area contributed by atoms with Gasteiger partial charge in [-0.1, -0.05) is 43.6 Å². The van der Waals surface area contributed by atoms with Gasteiger partial charge in [-0.2, -0.15) is 13.1 Å². The summed E-state index contributed by atoms with van der Waals surface area (Å²) in [5.41, 5.74) is 1.74. The first kappa shape index (κ1) is 26.1. The standard InChI is InChI=1S/C25H24ClN5O5S/c1-15(2)18-9-10-21(27-14-18)37(33,34)30-25-22(36-20-8-6-5-7-19(20)35-4)23(26)28-24(29-25)17-11-12-31(32)16(3)13-17/h5-15H,1-4H3,(H,28,29,30). The van der Waals surface area contributed by atoms with Gasteiger partial charge >= 0.3 is 0 Å². The highest BCUT2D eigenvalue weighted by Crippen LogP contribution is 2.40. The second kappa shape index (κ2) is 10.6. The number of halogens is 1. The molecule has 12 heteroatoms. The fourth-order valence-electron chi connectivity index (χ4n) is 3.34. The van der Waals surface area contributed by atoms with E-state index < -0.39 is 10.0 Å². The van der Waals surface area contributed by atoms with Crippen LogP contribution in [0.15, 0.2) is 66.0 Å². The summed E-state index contributed by atoms with van der Waals surface area (Å²) in [7, 11) is -2.72. The van der Waals surface area contributed by atoms with E-state index in [1.54, 1.807) is 43.3 Å². The zero-order valence-electron chi connectivity index (χ0n) is 20.5. The highest BCUT2D eigenvalue weighted by Gasteiger charge is 2.25. The van der Waals surface area contributed by atoms with Gasteiger partial charge in [0.15, 0.2) is 45.2 Å². The van der Waals surface area contributed by atoms with Crippen molar-refractivity contribution in [2.75, 3.05) is 11.8 Å². The molecule has 0 spiro atoms. The molecule has 1 aromatic carbocycles. The van der Waals surface area contributed by atoms with Crippen LogP contribution in [0.1, 0.15) is 31.0 Å². The number of nitrogens with zero attached hydrogens (tertiary/aromatic N) is 4. The van der Waals surface area contributed by atoms with Crippen molar-refractivity contribution >= 4 is 27.4 Å². The van der Waals surface area contributed by atoms with E-state index in [4.69, 9.17) is 21.1 Å². The number of methoxy groups -OCH3 is 1. The molecule has 4 rings (SSSR count). The molecular weight excluding hydrogens is 518 g/mol. The molecule has 0 aliphatic heterocycles. The molecule has 0 radical (unpaired) electrons. The first-order valence-electron chi connectivity index (χ1n) is 11.2. The highest BCUT2D eigenvalue weighted by molar-refractivity contribution is 7.92. The van der Waals surface area contributed by atoms with E-state index in [0.29, 0.717) is 21.7 Å². The lowest BCUT2D eigenvalue weighted by Gasteiger charge is -2.16. The van der Waals surface area contributed by atoms with Crippen LogP contribution in [0.2, 0.25) is 5.15 Å². The lowest BCUT2D eigenvalue weighted by atomic mass is 10.1. The molecule has 0 fully saturated rings. The molecule has 4 aromatic rings. The molecule has 3 heterocycles. The van der Waals surface area contributed by atoms with Gasteiger partial charge in [0, 0.05) is 30.8 Å². The minimum absolute atomic E-state index is 0.0851. The predicted octanol–water partition coefficient (Wildman–Crippen LogP) is 4.86. The lowest BCUT2D eigenvalue weighted by molar-refractivity contribution is -0.612. The average molecular weight is 542 g/mol. The van der Waals surface area contributed by atoms with E-state index in [0.717, 1.165) is 5.56 Å². The summed E-state index contributed by atoms with van der Waals surface area (Å²) in [4.78, 5) is 12.8. The van der Waals surface area contributed by atoms with Crippen LogP contribution in [0.5, 0.6) is 17.2 Å². The minimum Gasteiger partial charge on any atom is -0.619 e. The van der Waals surface area contributed by atoms with E-state index in [9.17, 15) is 13.6 Å². The predicted molar refractivity (Wildman–Crippen MR) is 138 cm³/mol. The molecule has 3 aromatic heterocycles. The van der Waals surface area contributed by atoms with E-state index >= 15 is 0 Å². The number of hydrogen-bond donors (Lipinski definition) is 1. The van der Waals surface area contributed by atoms with Gasteiger partial charge in [-0.3, -0.25) is 4.72 Å². The fraction of sp³-hybridized carbons (Fsp3) is 0.200. The molecular formula is C25H24ClN5O5S. The van der Waals surface area contributed by atoms with Crippen molar-refractivity contribution in [1.82, 2.24) is 15.0 Å². The maximum Gasteiger partial charge on any atom is 0.280 e. The van der Waals surface area contributed by atoms with Crippen LogP contribution in [0, 0.1) is 12.1 Å². The van der Waals surface area contributed by atoms with Crippen molar-refractivity contribution in [1.29, 1.82) is 0 Å². The van der Waals surface area contributed by atoms with Gasteiger partial charge in [0.2, 0.25) is 5.75 Å². The molecule has 0 atom stereocenters. The quantitative estimate of drug-likeness (QED) is 0.190. The second-order valence-corrected chi connectivity index (χ2v) is 10.3. The highest BCUT2D eigenvalue weighted by atomic mass is 35.5. The van der Waals surface area contributed by atoms with E-state index in [1.807, 2.05) is 13.8 Å². The first-order chi connectivity index (χ1) is 17.6. The second-order valence-electron chi connectivity index (χ2n) is 8.34. The number of benzene rings is 1. The molecule has 0 saturated carbocycles. The zero-order chi connectivity index (χ0) is 26.7. The average Bonchev–Trinajstić information content (AvgIpc) is 2.87. The molecule has 0 saturated heterocycles. The topological polar surface area (TPSA) is 130 Å².